The Kier molecular flexibility index (Phi) is 45.4. The Bertz CT molecular complexity index is 1490. The zero-order chi connectivity index (χ0) is 56.7. The van der Waals surface area contributed by atoms with Crippen LogP contribution in [0.4, 0.5) is 0 Å². The highest BCUT2D eigenvalue weighted by Gasteiger charge is 2.47. The van der Waals surface area contributed by atoms with Crippen molar-refractivity contribution in [1.29, 1.82) is 0 Å². The summed E-state index contributed by atoms with van der Waals surface area (Å²) in [4.78, 5) is 26.0. The molecule has 2 fully saturated rings. The number of carbonyl (C=O) groups is 2. The van der Waals surface area contributed by atoms with Crippen LogP contribution in [0.1, 0.15) is 258 Å². The quantitative estimate of drug-likeness (QED) is 0.0171. The third-order valence-corrected chi connectivity index (χ3v) is 15.1. The molecule has 0 bridgehead atoms. The first-order chi connectivity index (χ1) is 38.0. The Morgan fingerprint density at radius 3 is 1.23 bits per heavy atom. The van der Waals surface area contributed by atoms with Crippen molar-refractivity contribution in [3.63, 3.8) is 0 Å². The van der Waals surface area contributed by atoms with Gasteiger partial charge in [0.05, 0.1) is 19.8 Å². The van der Waals surface area contributed by atoms with Gasteiger partial charge in [0, 0.05) is 12.8 Å². The number of aliphatic hydroxyl groups is 7. The molecule has 456 valence electrons. The lowest BCUT2D eigenvalue weighted by molar-refractivity contribution is -0.332. The van der Waals surface area contributed by atoms with Crippen LogP contribution < -0.4 is 0 Å². The van der Waals surface area contributed by atoms with E-state index in [1.807, 2.05) is 0 Å². The lowest BCUT2D eigenvalue weighted by atomic mass is 9.98. The molecule has 11 unspecified atom stereocenters. The summed E-state index contributed by atoms with van der Waals surface area (Å²) in [5.74, 6) is -0.920. The molecule has 0 aromatic rings. The Morgan fingerprint density at radius 1 is 0.410 bits per heavy atom. The number of ether oxygens (including phenoxy) is 6. The molecule has 0 aromatic carbocycles. The van der Waals surface area contributed by atoms with Crippen molar-refractivity contribution in [2.75, 3.05) is 26.4 Å². The van der Waals surface area contributed by atoms with Crippen molar-refractivity contribution in [3.8, 4) is 0 Å². The van der Waals surface area contributed by atoms with Gasteiger partial charge in [-0.05, 0) is 70.6 Å². The van der Waals surface area contributed by atoms with Crippen molar-refractivity contribution in [1.82, 2.24) is 0 Å². The van der Waals surface area contributed by atoms with E-state index in [9.17, 15) is 45.3 Å². The molecule has 0 saturated carbocycles. The summed E-state index contributed by atoms with van der Waals surface area (Å²) in [6.07, 6.45) is 40.2. The SMILES string of the molecule is CCCCC/C=C\C/C=C\CCCCCCCCCCCC(=O)OC(COC(=O)CCCCCCCCCCCCC/C=C\CCCCCCCCCC)COC1OC(COC2OC(CO)C(O)C(O)C2O)C(O)C(O)C1O. The summed E-state index contributed by atoms with van der Waals surface area (Å²) >= 11 is 0. The smallest absolute Gasteiger partial charge is 0.306 e. The third kappa shape index (κ3) is 35.5. The number of carbonyl (C=O) groups excluding carboxylic acids is 2. The van der Waals surface area contributed by atoms with Gasteiger partial charge in [-0.1, -0.05) is 211 Å². The molecule has 2 heterocycles. The molecule has 7 N–H and O–H groups in total. The molecule has 0 spiro atoms. The van der Waals surface area contributed by atoms with E-state index in [4.69, 9.17) is 28.4 Å². The molecule has 0 amide bonds. The van der Waals surface area contributed by atoms with Crippen molar-refractivity contribution < 1.29 is 73.8 Å². The Morgan fingerprint density at radius 2 is 0.769 bits per heavy atom. The van der Waals surface area contributed by atoms with Crippen LogP contribution in [0.3, 0.4) is 0 Å². The molecule has 2 aliphatic heterocycles. The van der Waals surface area contributed by atoms with Crippen LogP contribution >= 0.6 is 0 Å². The van der Waals surface area contributed by atoms with Crippen LogP contribution in [0.15, 0.2) is 36.5 Å². The molecular formula is C63H114O15. The first kappa shape index (κ1) is 71.8. The fourth-order valence-corrected chi connectivity index (χ4v) is 9.95. The van der Waals surface area contributed by atoms with Crippen LogP contribution in [0, 0.1) is 0 Å². The number of hydrogen-bond acceptors (Lipinski definition) is 15. The summed E-state index contributed by atoms with van der Waals surface area (Å²) in [5.41, 5.74) is 0. The maximum absolute atomic E-state index is 13.1. The third-order valence-electron chi connectivity index (χ3n) is 15.1. The van der Waals surface area contributed by atoms with Gasteiger partial charge in [-0.2, -0.15) is 0 Å². The van der Waals surface area contributed by atoms with Gasteiger partial charge in [0.25, 0.3) is 0 Å². The molecule has 2 rings (SSSR count). The van der Waals surface area contributed by atoms with E-state index in [-0.39, 0.29) is 26.1 Å². The van der Waals surface area contributed by atoms with E-state index in [1.165, 1.54) is 161 Å². The fraction of sp³-hybridized carbons (Fsp3) is 0.873. The second-order valence-corrected chi connectivity index (χ2v) is 22.2. The topological polar surface area (TPSA) is 231 Å². The number of allylic oxidation sites excluding steroid dienone is 6. The first-order valence-electron chi connectivity index (χ1n) is 31.6. The van der Waals surface area contributed by atoms with Crippen molar-refractivity contribution in [3.05, 3.63) is 36.5 Å². The average Bonchev–Trinajstić information content (AvgIpc) is 3.43. The van der Waals surface area contributed by atoms with Gasteiger partial charge >= 0.3 is 11.9 Å². The van der Waals surface area contributed by atoms with Gasteiger partial charge < -0.3 is 64.2 Å². The highest BCUT2D eigenvalue weighted by Crippen LogP contribution is 2.27. The standard InChI is InChI=1S/C63H114O15/c1-3-5-7-9-11-13-15-17-19-21-23-24-25-26-28-29-31-33-35-37-39-41-43-45-54(65)73-48-51(76-55(66)46-44-42-40-38-36-34-32-30-27-22-20-18-16-14-12-10-8-6-4-2)49-74-62-61(72)59(70)57(68)53(78-62)50-75-63-60(71)58(69)56(67)52(47-64)77-63/h12,14,18,20-21,23,51-53,56-64,67-72H,3-11,13,15-17,19,22,24-50H2,1-2H3/b14-12-,20-18-,23-21-. The molecule has 0 aliphatic carbocycles. The number of aliphatic hydroxyl groups excluding tert-OH is 7. The van der Waals surface area contributed by atoms with Gasteiger partial charge in [0.2, 0.25) is 0 Å². The lowest BCUT2D eigenvalue weighted by Gasteiger charge is -2.42. The van der Waals surface area contributed by atoms with E-state index in [2.05, 4.69) is 50.3 Å². The molecule has 15 heteroatoms. The summed E-state index contributed by atoms with van der Waals surface area (Å²) in [5, 5.41) is 72.4. The maximum atomic E-state index is 13.1. The molecular weight excluding hydrogens is 997 g/mol. The lowest BCUT2D eigenvalue weighted by Crippen LogP contribution is -2.61. The van der Waals surface area contributed by atoms with Gasteiger partial charge in [-0.15, -0.1) is 0 Å². The van der Waals surface area contributed by atoms with Gasteiger partial charge in [0.15, 0.2) is 18.7 Å². The van der Waals surface area contributed by atoms with Gasteiger partial charge in [-0.3, -0.25) is 9.59 Å². The molecule has 2 aliphatic rings. The fourth-order valence-electron chi connectivity index (χ4n) is 9.95. The monoisotopic (exact) mass is 1110 g/mol. The second kappa shape index (κ2) is 49.3. The minimum absolute atomic E-state index is 0.161. The summed E-state index contributed by atoms with van der Waals surface area (Å²) in [6.45, 7) is 2.61. The summed E-state index contributed by atoms with van der Waals surface area (Å²) < 4.78 is 33.8. The van der Waals surface area contributed by atoms with Crippen molar-refractivity contribution >= 4 is 11.9 Å². The van der Waals surface area contributed by atoms with Crippen LogP contribution in [-0.2, 0) is 38.0 Å². The first-order valence-corrected chi connectivity index (χ1v) is 31.6. The van der Waals surface area contributed by atoms with E-state index in [0.717, 1.165) is 57.8 Å². The molecule has 11 atom stereocenters. The largest absolute Gasteiger partial charge is 0.462 e. The van der Waals surface area contributed by atoms with Crippen LogP contribution in [0.25, 0.3) is 0 Å². The Balaban J connectivity index is 1.71. The summed E-state index contributed by atoms with van der Waals surface area (Å²) in [6, 6.07) is 0. The normalized spacial score (nSPS) is 24.2. The Labute approximate surface area is 472 Å². The average molecular weight is 1110 g/mol. The predicted molar refractivity (Wildman–Crippen MR) is 307 cm³/mol. The van der Waals surface area contributed by atoms with Crippen LogP contribution in [-0.4, -0.2) is 142 Å². The van der Waals surface area contributed by atoms with E-state index >= 15 is 0 Å². The van der Waals surface area contributed by atoms with Crippen molar-refractivity contribution in [2.24, 2.45) is 0 Å². The van der Waals surface area contributed by atoms with Crippen LogP contribution in [0.2, 0.25) is 0 Å². The molecule has 0 radical (unpaired) electrons. The van der Waals surface area contributed by atoms with Crippen molar-refractivity contribution in [2.45, 2.75) is 325 Å². The predicted octanol–water partition coefficient (Wildman–Crippen LogP) is 11.6. The van der Waals surface area contributed by atoms with Gasteiger partial charge in [0.1, 0.15) is 55.4 Å². The minimum Gasteiger partial charge on any atom is -0.462 e. The number of unbranched alkanes of at least 4 members (excludes halogenated alkanes) is 31. The van der Waals surface area contributed by atoms with Crippen LogP contribution in [0.5, 0.6) is 0 Å². The number of hydrogen-bond donors (Lipinski definition) is 7. The molecule has 78 heavy (non-hydrogen) atoms. The number of esters is 2. The molecule has 2 saturated heterocycles. The van der Waals surface area contributed by atoms with Gasteiger partial charge in [-0.25, -0.2) is 0 Å². The zero-order valence-electron chi connectivity index (χ0n) is 48.9. The highest BCUT2D eigenvalue weighted by atomic mass is 16.7. The summed E-state index contributed by atoms with van der Waals surface area (Å²) in [7, 11) is 0. The maximum Gasteiger partial charge on any atom is 0.306 e. The Hall–Kier alpha value is -2.28. The zero-order valence-corrected chi connectivity index (χ0v) is 48.9. The minimum atomic E-state index is -1.77. The number of rotatable bonds is 51. The van der Waals surface area contributed by atoms with E-state index in [0.29, 0.717) is 12.8 Å². The van der Waals surface area contributed by atoms with E-state index < -0.39 is 92.7 Å². The molecule has 15 nitrogen and oxygen atoms in total. The highest BCUT2D eigenvalue weighted by molar-refractivity contribution is 5.70. The molecule has 0 aromatic heterocycles. The second-order valence-electron chi connectivity index (χ2n) is 22.2. The van der Waals surface area contributed by atoms with E-state index in [1.54, 1.807) is 0 Å².